The first kappa shape index (κ1) is 16.5. The number of benzene rings is 2. The van der Waals surface area contributed by atoms with Crippen molar-refractivity contribution in [3.05, 3.63) is 71.0 Å². The number of amides is 1. The average molecular weight is 334 g/mol. The highest BCUT2D eigenvalue weighted by Gasteiger charge is 2.28. The van der Waals surface area contributed by atoms with Gasteiger partial charge >= 0.3 is 0 Å². The van der Waals surface area contributed by atoms with E-state index < -0.39 is 23.4 Å². The molecule has 1 amide bonds. The van der Waals surface area contributed by atoms with E-state index in [-0.39, 0.29) is 17.5 Å². The lowest BCUT2D eigenvalue weighted by Gasteiger charge is -2.33. The fourth-order valence-corrected chi connectivity index (χ4v) is 3.03. The Labute approximate surface area is 137 Å². The molecule has 2 aromatic carbocycles. The Morgan fingerprint density at radius 2 is 1.92 bits per heavy atom. The Morgan fingerprint density at radius 1 is 1.08 bits per heavy atom. The number of piperidine rings is 1. The number of nitrogens with one attached hydrogen (secondary N) is 2. The van der Waals surface area contributed by atoms with E-state index in [1.807, 2.05) is 0 Å². The van der Waals surface area contributed by atoms with Crippen LogP contribution in [0.5, 0.6) is 0 Å². The van der Waals surface area contributed by atoms with Crippen LogP contribution in [0.25, 0.3) is 0 Å². The Hall–Kier alpha value is -2.34. The van der Waals surface area contributed by atoms with Gasteiger partial charge in [-0.25, -0.2) is 13.2 Å². The maximum absolute atomic E-state index is 13.5. The monoisotopic (exact) mass is 334 g/mol. The molecule has 0 bridgehead atoms. The molecule has 1 heterocycles. The fourth-order valence-electron chi connectivity index (χ4n) is 3.03. The van der Waals surface area contributed by atoms with Crippen LogP contribution in [0.15, 0.2) is 42.5 Å². The molecule has 24 heavy (non-hydrogen) atoms. The SMILES string of the molecule is O=C(NC1CNCCC1c1ccc(F)c(F)c1)c1cccc(F)c1. The van der Waals surface area contributed by atoms with Gasteiger partial charge in [0, 0.05) is 24.1 Å². The topological polar surface area (TPSA) is 41.1 Å². The maximum atomic E-state index is 13.5. The van der Waals surface area contributed by atoms with E-state index in [0.29, 0.717) is 18.5 Å². The van der Waals surface area contributed by atoms with Gasteiger partial charge in [-0.2, -0.15) is 0 Å². The van der Waals surface area contributed by atoms with Crippen molar-refractivity contribution >= 4 is 5.91 Å². The summed E-state index contributed by atoms with van der Waals surface area (Å²) in [6, 6.07) is 8.94. The first-order valence-corrected chi connectivity index (χ1v) is 7.76. The van der Waals surface area contributed by atoms with Crippen LogP contribution in [-0.2, 0) is 0 Å². The van der Waals surface area contributed by atoms with Crippen molar-refractivity contribution in [3.63, 3.8) is 0 Å². The van der Waals surface area contributed by atoms with Gasteiger partial charge in [0.2, 0.25) is 0 Å². The molecule has 3 nitrogen and oxygen atoms in total. The third-order valence-electron chi connectivity index (χ3n) is 4.26. The molecule has 1 saturated heterocycles. The molecule has 3 rings (SSSR count). The number of halogens is 3. The minimum absolute atomic E-state index is 0.140. The van der Waals surface area contributed by atoms with Crippen LogP contribution in [-0.4, -0.2) is 25.0 Å². The zero-order valence-electron chi connectivity index (χ0n) is 12.9. The first-order chi connectivity index (χ1) is 11.5. The van der Waals surface area contributed by atoms with Crippen LogP contribution in [0.3, 0.4) is 0 Å². The molecule has 2 atom stereocenters. The van der Waals surface area contributed by atoms with Crippen molar-refractivity contribution in [2.45, 2.75) is 18.4 Å². The minimum atomic E-state index is -0.902. The van der Waals surface area contributed by atoms with E-state index in [1.165, 1.54) is 30.3 Å². The Kier molecular flexibility index (Phi) is 4.85. The van der Waals surface area contributed by atoms with Gasteiger partial charge in [-0.1, -0.05) is 12.1 Å². The predicted octanol–water partition coefficient (Wildman–Crippen LogP) is 2.98. The van der Waals surface area contributed by atoms with Gasteiger partial charge in [-0.05, 0) is 48.9 Å². The molecule has 0 spiro atoms. The summed E-state index contributed by atoms with van der Waals surface area (Å²) < 4.78 is 39.9. The second-order valence-electron chi connectivity index (χ2n) is 5.86. The highest BCUT2D eigenvalue weighted by atomic mass is 19.2. The van der Waals surface area contributed by atoms with Crippen molar-refractivity contribution < 1.29 is 18.0 Å². The van der Waals surface area contributed by atoms with Crippen molar-refractivity contribution in [2.24, 2.45) is 0 Å². The second kappa shape index (κ2) is 7.05. The van der Waals surface area contributed by atoms with Crippen LogP contribution in [0.1, 0.15) is 28.3 Å². The molecular weight excluding hydrogens is 317 g/mol. The van der Waals surface area contributed by atoms with Gasteiger partial charge in [-0.3, -0.25) is 4.79 Å². The van der Waals surface area contributed by atoms with Crippen LogP contribution in [0.4, 0.5) is 13.2 Å². The summed E-state index contributed by atoms with van der Waals surface area (Å²) in [6.45, 7) is 1.22. The summed E-state index contributed by atoms with van der Waals surface area (Å²) in [4.78, 5) is 12.3. The van der Waals surface area contributed by atoms with Gasteiger partial charge in [0.25, 0.3) is 5.91 Å². The predicted molar refractivity (Wildman–Crippen MR) is 84.2 cm³/mol. The summed E-state index contributed by atoms with van der Waals surface area (Å²) in [5, 5.41) is 6.03. The molecule has 6 heteroatoms. The normalized spacial score (nSPS) is 20.6. The third-order valence-corrected chi connectivity index (χ3v) is 4.26. The summed E-state index contributed by atoms with van der Waals surface area (Å²) in [5.41, 5.74) is 0.865. The standard InChI is InChI=1S/C18H17F3N2O/c19-13-3-1-2-12(8-13)18(24)23-17-10-22-7-6-14(17)11-4-5-15(20)16(21)9-11/h1-5,8-9,14,17,22H,6-7,10H2,(H,23,24). The minimum Gasteiger partial charge on any atom is -0.347 e. The lowest BCUT2D eigenvalue weighted by Crippen LogP contribution is -2.50. The fraction of sp³-hybridized carbons (Fsp3) is 0.278. The van der Waals surface area contributed by atoms with E-state index in [4.69, 9.17) is 0 Å². The van der Waals surface area contributed by atoms with E-state index in [9.17, 15) is 18.0 Å². The van der Waals surface area contributed by atoms with Gasteiger partial charge in [0.1, 0.15) is 5.82 Å². The van der Waals surface area contributed by atoms with E-state index in [1.54, 1.807) is 0 Å². The molecule has 0 saturated carbocycles. The van der Waals surface area contributed by atoms with Gasteiger partial charge < -0.3 is 10.6 Å². The molecule has 1 aliphatic rings. The van der Waals surface area contributed by atoms with Gasteiger partial charge in [0.15, 0.2) is 11.6 Å². The summed E-state index contributed by atoms with van der Waals surface area (Å²) in [7, 11) is 0. The number of carbonyl (C=O) groups is 1. The van der Waals surface area contributed by atoms with Crippen LogP contribution in [0, 0.1) is 17.5 Å². The Morgan fingerprint density at radius 3 is 2.67 bits per heavy atom. The van der Waals surface area contributed by atoms with E-state index in [0.717, 1.165) is 18.7 Å². The molecule has 1 fully saturated rings. The Balaban J connectivity index is 1.79. The molecule has 2 aromatic rings. The maximum Gasteiger partial charge on any atom is 0.251 e. The zero-order chi connectivity index (χ0) is 17.1. The van der Waals surface area contributed by atoms with E-state index in [2.05, 4.69) is 10.6 Å². The number of hydrogen-bond acceptors (Lipinski definition) is 2. The van der Waals surface area contributed by atoms with Gasteiger partial charge in [0.05, 0.1) is 0 Å². The molecule has 1 aliphatic heterocycles. The summed E-state index contributed by atoms with van der Waals surface area (Å²) >= 11 is 0. The first-order valence-electron chi connectivity index (χ1n) is 7.76. The average Bonchev–Trinajstić information content (AvgIpc) is 2.58. The molecule has 2 unspecified atom stereocenters. The van der Waals surface area contributed by atoms with E-state index >= 15 is 0 Å². The van der Waals surface area contributed by atoms with Crippen molar-refractivity contribution in [1.29, 1.82) is 0 Å². The van der Waals surface area contributed by atoms with Crippen molar-refractivity contribution in [1.82, 2.24) is 10.6 Å². The highest BCUT2D eigenvalue weighted by molar-refractivity contribution is 5.94. The summed E-state index contributed by atoms with van der Waals surface area (Å²) in [5.74, 6) is -2.81. The molecule has 0 aliphatic carbocycles. The van der Waals surface area contributed by atoms with Crippen LogP contribution < -0.4 is 10.6 Å². The second-order valence-corrected chi connectivity index (χ2v) is 5.86. The van der Waals surface area contributed by atoms with Crippen molar-refractivity contribution in [2.75, 3.05) is 13.1 Å². The quantitative estimate of drug-likeness (QED) is 0.906. The smallest absolute Gasteiger partial charge is 0.251 e. The number of rotatable bonds is 3. The number of hydrogen-bond donors (Lipinski definition) is 2. The number of carbonyl (C=O) groups excluding carboxylic acids is 1. The Bertz CT molecular complexity index is 751. The molecule has 2 N–H and O–H groups in total. The lowest BCUT2D eigenvalue weighted by atomic mass is 9.85. The molecule has 0 aromatic heterocycles. The lowest BCUT2D eigenvalue weighted by molar-refractivity contribution is 0.0924. The van der Waals surface area contributed by atoms with Crippen LogP contribution in [0.2, 0.25) is 0 Å². The third kappa shape index (κ3) is 3.59. The zero-order valence-corrected chi connectivity index (χ0v) is 12.9. The molecule has 126 valence electrons. The molecular formula is C18H17F3N2O. The van der Waals surface area contributed by atoms with Crippen LogP contribution >= 0.6 is 0 Å². The highest BCUT2D eigenvalue weighted by Crippen LogP contribution is 2.27. The van der Waals surface area contributed by atoms with Gasteiger partial charge in [-0.15, -0.1) is 0 Å². The van der Waals surface area contributed by atoms with Crippen molar-refractivity contribution in [3.8, 4) is 0 Å². The molecule has 0 radical (unpaired) electrons. The summed E-state index contributed by atoms with van der Waals surface area (Å²) in [6.07, 6.45) is 0.680. The largest absolute Gasteiger partial charge is 0.347 e.